The van der Waals surface area contributed by atoms with Crippen LogP contribution in [0.5, 0.6) is 0 Å². The van der Waals surface area contributed by atoms with Crippen molar-refractivity contribution in [2.75, 3.05) is 18.0 Å². The maximum absolute atomic E-state index is 13.7. The number of rotatable bonds is 2. The summed E-state index contributed by atoms with van der Waals surface area (Å²) < 4.78 is 13.7. The summed E-state index contributed by atoms with van der Waals surface area (Å²) in [5.41, 5.74) is 1.16. The maximum atomic E-state index is 13.7. The number of hydrogen-bond acceptors (Lipinski definition) is 4. The molecule has 1 aliphatic heterocycles. The molecule has 1 aliphatic rings. The van der Waals surface area contributed by atoms with Gasteiger partial charge in [0, 0.05) is 18.7 Å². The minimum absolute atomic E-state index is 0.139. The van der Waals surface area contributed by atoms with Gasteiger partial charge >= 0.3 is 0 Å². The van der Waals surface area contributed by atoms with Gasteiger partial charge in [-0.2, -0.15) is 15.0 Å². The van der Waals surface area contributed by atoms with E-state index in [1.807, 2.05) is 0 Å². The van der Waals surface area contributed by atoms with Crippen molar-refractivity contribution in [1.29, 1.82) is 0 Å². The summed E-state index contributed by atoms with van der Waals surface area (Å²) in [6.45, 7) is 3.54. The second kappa shape index (κ2) is 5.32. The smallest absolute Gasteiger partial charge is 0.230 e. The molecule has 2 heterocycles. The Morgan fingerprint density at radius 2 is 1.90 bits per heavy atom. The van der Waals surface area contributed by atoms with Gasteiger partial charge in [-0.05, 0) is 43.0 Å². The van der Waals surface area contributed by atoms with E-state index in [0.717, 1.165) is 25.9 Å². The molecular formula is C14H14ClFN4. The second-order valence-electron chi connectivity index (χ2n) is 4.83. The highest BCUT2D eigenvalue weighted by atomic mass is 35.5. The Balaban J connectivity index is 2.07. The van der Waals surface area contributed by atoms with E-state index in [-0.39, 0.29) is 11.1 Å². The van der Waals surface area contributed by atoms with Crippen LogP contribution in [0.15, 0.2) is 18.2 Å². The summed E-state index contributed by atoms with van der Waals surface area (Å²) in [4.78, 5) is 14.8. The lowest BCUT2D eigenvalue weighted by molar-refractivity contribution is 0.619. The Bertz CT molecular complexity index is 641. The average molecular weight is 293 g/mol. The zero-order chi connectivity index (χ0) is 14.1. The Labute approximate surface area is 121 Å². The van der Waals surface area contributed by atoms with Gasteiger partial charge < -0.3 is 4.90 Å². The molecule has 0 atom stereocenters. The number of benzene rings is 1. The highest BCUT2D eigenvalue weighted by molar-refractivity contribution is 6.28. The Morgan fingerprint density at radius 1 is 1.15 bits per heavy atom. The number of halogens is 2. The summed E-state index contributed by atoms with van der Waals surface area (Å²) in [6.07, 6.45) is 2.25. The highest BCUT2D eigenvalue weighted by Gasteiger charge is 2.18. The van der Waals surface area contributed by atoms with Crippen LogP contribution >= 0.6 is 11.6 Å². The normalized spacial score (nSPS) is 14.8. The lowest BCUT2D eigenvalue weighted by Crippen LogP contribution is -2.21. The van der Waals surface area contributed by atoms with Crippen LogP contribution in [-0.2, 0) is 0 Å². The van der Waals surface area contributed by atoms with Gasteiger partial charge in [-0.25, -0.2) is 4.39 Å². The third-order valence-corrected chi connectivity index (χ3v) is 3.66. The molecule has 0 N–H and O–H groups in total. The summed E-state index contributed by atoms with van der Waals surface area (Å²) in [6, 6.07) is 4.85. The fraction of sp³-hybridized carbons (Fsp3) is 0.357. The van der Waals surface area contributed by atoms with E-state index in [1.165, 1.54) is 6.07 Å². The molecule has 2 aromatic rings. The lowest BCUT2D eigenvalue weighted by Gasteiger charge is -2.16. The molecule has 0 aliphatic carbocycles. The molecule has 0 radical (unpaired) electrons. The molecule has 104 valence electrons. The van der Waals surface area contributed by atoms with Gasteiger partial charge in [0.2, 0.25) is 11.2 Å². The molecule has 1 aromatic heterocycles. The number of aromatic nitrogens is 3. The first-order chi connectivity index (χ1) is 9.65. The number of nitrogens with zero attached hydrogens (tertiary/aromatic N) is 4. The van der Waals surface area contributed by atoms with Crippen LogP contribution in [0.1, 0.15) is 18.4 Å². The molecular weight excluding hydrogens is 279 g/mol. The fourth-order valence-electron chi connectivity index (χ4n) is 2.37. The van der Waals surface area contributed by atoms with Crippen molar-refractivity contribution in [2.24, 2.45) is 0 Å². The Morgan fingerprint density at radius 3 is 2.65 bits per heavy atom. The maximum Gasteiger partial charge on any atom is 0.230 e. The molecule has 3 rings (SSSR count). The summed E-state index contributed by atoms with van der Waals surface area (Å²) in [7, 11) is 0. The predicted octanol–water partition coefficient (Wildman–Crippen LogP) is 3.24. The second-order valence-corrected chi connectivity index (χ2v) is 5.17. The highest BCUT2D eigenvalue weighted by Crippen LogP contribution is 2.25. The standard InChI is InChI=1S/C14H14ClFN4/c1-9-10(5-4-6-11(9)16)12-17-13(15)19-14(18-12)20-7-2-3-8-20/h4-6H,2-3,7-8H2,1H3. The molecule has 0 saturated carbocycles. The van der Waals surface area contributed by atoms with E-state index in [9.17, 15) is 4.39 Å². The quantitative estimate of drug-likeness (QED) is 0.852. The van der Waals surface area contributed by atoms with Crippen molar-refractivity contribution in [2.45, 2.75) is 19.8 Å². The van der Waals surface area contributed by atoms with Crippen LogP contribution in [0, 0.1) is 12.7 Å². The first-order valence-electron chi connectivity index (χ1n) is 6.57. The van der Waals surface area contributed by atoms with Crippen LogP contribution in [0.3, 0.4) is 0 Å². The zero-order valence-corrected chi connectivity index (χ0v) is 11.9. The SMILES string of the molecule is Cc1c(F)cccc1-c1nc(Cl)nc(N2CCCC2)n1. The van der Waals surface area contributed by atoms with E-state index in [1.54, 1.807) is 19.1 Å². The molecule has 0 amide bonds. The van der Waals surface area contributed by atoms with Crippen molar-refractivity contribution in [3.8, 4) is 11.4 Å². The first kappa shape index (κ1) is 13.2. The van der Waals surface area contributed by atoms with E-state index in [2.05, 4.69) is 19.9 Å². The number of anilines is 1. The Hall–Kier alpha value is -1.75. The van der Waals surface area contributed by atoms with Crippen LogP contribution in [0.4, 0.5) is 10.3 Å². The minimum atomic E-state index is -0.276. The number of hydrogen-bond donors (Lipinski definition) is 0. The zero-order valence-electron chi connectivity index (χ0n) is 11.1. The van der Waals surface area contributed by atoms with Gasteiger partial charge in [0.05, 0.1) is 0 Å². The van der Waals surface area contributed by atoms with Crippen LogP contribution in [0.2, 0.25) is 5.28 Å². The molecule has 1 saturated heterocycles. The molecule has 0 unspecified atom stereocenters. The summed E-state index contributed by atoms with van der Waals surface area (Å²) >= 11 is 5.99. The minimum Gasteiger partial charge on any atom is -0.341 e. The molecule has 0 bridgehead atoms. The van der Waals surface area contributed by atoms with Crippen molar-refractivity contribution >= 4 is 17.5 Å². The molecule has 1 fully saturated rings. The monoisotopic (exact) mass is 292 g/mol. The lowest BCUT2D eigenvalue weighted by atomic mass is 10.1. The summed E-state index contributed by atoms with van der Waals surface area (Å²) in [5.74, 6) is 0.715. The van der Waals surface area contributed by atoms with E-state index < -0.39 is 0 Å². The van der Waals surface area contributed by atoms with Gasteiger partial charge in [0.25, 0.3) is 0 Å². The van der Waals surface area contributed by atoms with Gasteiger partial charge in [0.15, 0.2) is 5.82 Å². The topological polar surface area (TPSA) is 41.9 Å². The van der Waals surface area contributed by atoms with Gasteiger partial charge in [-0.1, -0.05) is 12.1 Å². The van der Waals surface area contributed by atoms with Gasteiger partial charge in [0.1, 0.15) is 5.82 Å². The third-order valence-electron chi connectivity index (χ3n) is 3.49. The van der Waals surface area contributed by atoms with Crippen molar-refractivity contribution in [1.82, 2.24) is 15.0 Å². The predicted molar refractivity (Wildman–Crippen MR) is 76.4 cm³/mol. The van der Waals surface area contributed by atoms with E-state index in [4.69, 9.17) is 11.6 Å². The van der Waals surface area contributed by atoms with Crippen LogP contribution in [0.25, 0.3) is 11.4 Å². The van der Waals surface area contributed by atoms with Crippen LogP contribution < -0.4 is 4.90 Å². The van der Waals surface area contributed by atoms with Crippen molar-refractivity contribution < 1.29 is 4.39 Å². The molecule has 4 nitrogen and oxygen atoms in total. The van der Waals surface area contributed by atoms with Gasteiger partial charge in [-0.15, -0.1) is 0 Å². The molecule has 20 heavy (non-hydrogen) atoms. The van der Waals surface area contributed by atoms with Crippen molar-refractivity contribution in [3.05, 3.63) is 34.9 Å². The fourth-order valence-corrected chi connectivity index (χ4v) is 2.52. The van der Waals surface area contributed by atoms with Crippen LogP contribution in [-0.4, -0.2) is 28.0 Å². The van der Waals surface area contributed by atoms with Gasteiger partial charge in [-0.3, -0.25) is 0 Å². The van der Waals surface area contributed by atoms with Crippen molar-refractivity contribution in [3.63, 3.8) is 0 Å². The van der Waals surface area contributed by atoms with E-state index >= 15 is 0 Å². The molecule has 1 aromatic carbocycles. The Kier molecular flexibility index (Phi) is 3.53. The first-order valence-corrected chi connectivity index (χ1v) is 6.95. The third kappa shape index (κ3) is 2.45. The molecule has 6 heteroatoms. The largest absolute Gasteiger partial charge is 0.341 e. The summed E-state index contributed by atoms with van der Waals surface area (Å²) in [5, 5.41) is 0.139. The van der Waals surface area contributed by atoms with E-state index in [0.29, 0.717) is 22.9 Å². The molecule has 0 spiro atoms. The average Bonchev–Trinajstić information content (AvgIpc) is 2.95.